The molecule has 1 amide bonds. The fraction of sp³-hybridized carbons (Fsp3) is 0.400. The summed E-state index contributed by atoms with van der Waals surface area (Å²) in [6.45, 7) is 0.270. The van der Waals surface area contributed by atoms with Gasteiger partial charge in [-0.25, -0.2) is 9.97 Å². The van der Waals surface area contributed by atoms with Crippen molar-refractivity contribution in [2.75, 3.05) is 12.3 Å². The molecule has 3 rings (SSSR count). The first kappa shape index (κ1) is 14.4. The van der Waals surface area contributed by atoms with Crippen LogP contribution in [0, 0.1) is 12.3 Å². The average molecular weight is 317 g/mol. The van der Waals surface area contributed by atoms with Gasteiger partial charge in [0.15, 0.2) is 0 Å². The van der Waals surface area contributed by atoms with E-state index >= 15 is 0 Å². The zero-order valence-electron chi connectivity index (χ0n) is 11.5. The lowest BCUT2D eigenvalue weighted by Gasteiger charge is -2.11. The highest BCUT2D eigenvalue weighted by Gasteiger charge is 2.20. The van der Waals surface area contributed by atoms with Gasteiger partial charge in [0, 0.05) is 10.3 Å². The number of hydrogen-bond donors (Lipinski definition) is 1. The molecule has 2 aromatic rings. The van der Waals surface area contributed by atoms with Crippen LogP contribution in [0.15, 0.2) is 11.4 Å². The molecular weight excluding hydrogens is 302 g/mol. The second-order valence-electron chi connectivity index (χ2n) is 4.84. The molecule has 21 heavy (non-hydrogen) atoms. The van der Waals surface area contributed by atoms with E-state index in [0.29, 0.717) is 5.75 Å². The molecule has 1 aliphatic rings. The van der Waals surface area contributed by atoms with Crippen LogP contribution in [-0.4, -0.2) is 28.2 Å². The Balaban J connectivity index is 1.84. The highest BCUT2D eigenvalue weighted by atomic mass is 32.2. The van der Waals surface area contributed by atoms with Crippen molar-refractivity contribution in [3.63, 3.8) is 0 Å². The highest BCUT2D eigenvalue weighted by molar-refractivity contribution is 8.00. The molecule has 4 nitrogen and oxygen atoms in total. The van der Waals surface area contributed by atoms with E-state index < -0.39 is 0 Å². The van der Waals surface area contributed by atoms with Crippen LogP contribution < -0.4 is 5.32 Å². The number of fused-ring (bicyclic) bond motifs is 3. The van der Waals surface area contributed by atoms with E-state index in [-0.39, 0.29) is 12.5 Å². The topological polar surface area (TPSA) is 54.9 Å². The summed E-state index contributed by atoms with van der Waals surface area (Å²) in [5, 5.41) is 4.74. The van der Waals surface area contributed by atoms with E-state index in [2.05, 4.69) is 21.2 Å². The van der Waals surface area contributed by atoms with Crippen molar-refractivity contribution in [2.24, 2.45) is 0 Å². The predicted octanol–water partition coefficient (Wildman–Crippen LogP) is 2.41. The zero-order valence-corrected chi connectivity index (χ0v) is 13.1. The van der Waals surface area contributed by atoms with Crippen LogP contribution in [0.3, 0.4) is 0 Å². The fourth-order valence-corrected chi connectivity index (χ4v) is 4.65. The van der Waals surface area contributed by atoms with Gasteiger partial charge in [0.2, 0.25) is 5.91 Å². The van der Waals surface area contributed by atoms with Crippen LogP contribution in [-0.2, 0) is 17.6 Å². The molecule has 0 radical (unpaired) electrons. The molecule has 2 aromatic heterocycles. The van der Waals surface area contributed by atoms with Crippen molar-refractivity contribution in [1.29, 1.82) is 0 Å². The molecule has 0 atom stereocenters. The molecule has 1 aliphatic carbocycles. The lowest BCUT2D eigenvalue weighted by atomic mass is 9.97. The zero-order chi connectivity index (χ0) is 14.7. The maximum atomic E-state index is 11.7. The molecule has 0 aromatic carbocycles. The lowest BCUT2D eigenvalue weighted by Crippen LogP contribution is -2.25. The number of aromatic nitrogens is 2. The third kappa shape index (κ3) is 3.04. The van der Waals surface area contributed by atoms with Crippen LogP contribution in [0.5, 0.6) is 0 Å². The molecule has 1 N–H and O–H groups in total. The van der Waals surface area contributed by atoms with Gasteiger partial charge < -0.3 is 5.32 Å². The molecular formula is C15H15N3OS2. The normalized spacial score (nSPS) is 13.7. The predicted molar refractivity (Wildman–Crippen MR) is 86.6 cm³/mol. The summed E-state index contributed by atoms with van der Waals surface area (Å²) in [7, 11) is 0. The molecule has 0 bridgehead atoms. The molecule has 0 saturated carbocycles. The van der Waals surface area contributed by atoms with Crippen LogP contribution >= 0.6 is 23.1 Å². The van der Waals surface area contributed by atoms with Gasteiger partial charge in [-0.05, 0) is 31.2 Å². The Bertz CT molecular complexity index is 718. The average Bonchev–Trinajstić information content (AvgIpc) is 2.90. The minimum Gasteiger partial charge on any atom is -0.344 e. The van der Waals surface area contributed by atoms with Crippen LogP contribution in [0.4, 0.5) is 0 Å². The number of nitrogens with one attached hydrogen (secondary N) is 1. The van der Waals surface area contributed by atoms with Gasteiger partial charge in [0.25, 0.3) is 0 Å². The third-order valence-electron chi connectivity index (χ3n) is 3.44. The van der Waals surface area contributed by atoms with Crippen molar-refractivity contribution in [3.05, 3.63) is 16.8 Å². The van der Waals surface area contributed by atoms with E-state index in [1.807, 2.05) is 0 Å². The lowest BCUT2D eigenvalue weighted by molar-refractivity contribution is -0.118. The molecule has 0 unspecified atom stereocenters. The summed E-state index contributed by atoms with van der Waals surface area (Å²) in [4.78, 5) is 22.9. The van der Waals surface area contributed by atoms with E-state index in [1.165, 1.54) is 35.0 Å². The third-order valence-corrected chi connectivity index (χ3v) is 5.63. The van der Waals surface area contributed by atoms with E-state index in [4.69, 9.17) is 6.42 Å². The summed E-state index contributed by atoms with van der Waals surface area (Å²) in [5.74, 6) is 2.67. The van der Waals surface area contributed by atoms with Gasteiger partial charge in [0.05, 0.1) is 12.3 Å². The SMILES string of the molecule is C#CCNC(=O)CSc1ncnc2sc3c(c12)CCCC3. The second-order valence-corrected chi connectivity index (χ2v) is 6.89. The molecule has 0 saturated heterocycles. The first-order valence-electron chi connectivity index (χ1n) is 6.88. The Morgan fingerprint density at radius 3 is 3.14 bits per heavy atom. The first-order valence-corrected chi connectivity index (χ1v) is 8.68. The summed E-state index contributed by atoms with van der Waals surface area (Å²) >= 11 is 3.23. The van der Waals surface area contributed by atoms with Crippen molar-refractivity contribution in [1.82, 2.24) is 15.3 Å². The summed E-state index contributed by atoms with van der Waals surface area (Å²) in [6.07, 6.45) is 11.4. The Morgan fingerprint density at radius 1 is 1.43 bits per heavy atom. The number of nitrogens with zero attached hydrogens (tertiary/aromatic N) is 2. The summed E-state index contributed by atoms with van der Waals surface area (Å²) in [5.41, 5.74) is 1.40. The van der Waals surface area contributed by atoms with Gasteiger partial charge in [-0.15, -0.1) is 17.8 Å². The maximum absolute atomic E-state index is 11.7. The number of thioether (sulfide) groups is 1. The van der Waals surface area contributed by atoms with Gasteiger partial charge in [-0.2, -0.15) is 0 Å². The number of carbonyl (C=O) groups is 1. The molecule has 6 heteroatoms. The van der Waals surface area contributed by atoms with Gasteiger partial charge >= 0.3 is 0 Å². The molecule has 2 heterocycles. The van der Waals surface area contributed by atoms with Crippen LogP contribution in [0.2, 0.25) is 0 Å². The van der Waals surface area contributed by atoms with Crippen LogP contribution in [0.25, 0.3) is 10.2 Å². The Morgan fingerprint density at radius 2 is 2.29 bits per heavy atom. The number of amides is 1. The standard InChI is InChI=1S/C15H15N3OS2/c1-2-7-16-12(19)8-20-14-13-10-5-3-4-6-11(10)21-15(13)18-9-17-14/h1,9H,3-8H2,(H,16,19). The number of carbonyl (C=O) groups excluding carboxylic acids is 1. The molecule has 0 fully saturated rings. The minimum absolute atomic E-state index is 0.0613. The first-order chi connectivity index (χ1) is 10.3. The van der Waals surface area contributed by atoms with Gasteiger partial charge in [-0.1, -0.05) is 17.7 Å². The van der Waals surface area contributed by atoms with E-state index in [0.717, 1.165) is 28.1 Å². The summed E-state index contributed by atoms with van der Waals surface area (Å²) < 4.78 is 0. The molecule has 0 spiro atoms. The smallest absolute Gasteiger partial charge is 0.231 e. The van der Waals surface area contributed by atoms with E-state index in [1.54, 1.807) is 17.7 Å². The molecule has 0 aliphatic heterocycles. The Hall–Kier alpha value is -1.58. The van der Waals surface area contributed by atoms with Crippen LogP contribution in [0.1, 0.15) is 23.3 Å². The van der Waals surface area contributed by atoms with Crippen molar-refractivity contribution in [2.45, 2.75) is 30.7 Å². The number of hydrogen-bond acceptors (Lipinski definition) is 5. The number of terminal acetylenes is 1. The minimum atomic E-state index is -0.0613. The van der Waals surface area contributed by atoms with Crippen molar-refractivity contribution >= 4 is 39.2 Å². The Kier molecular flexibility index (Phi) is 4.42. The number of rotatable bonds is 4. The Labute approximate surface area is 131 Å². The largest absolute Gasteiger partial charge is 0.344 e. The quantitative estimate of drug-likeness (QED) is 0.534. The van der Waals surface area contributed by atoms with Gasteiger partial charge in [0.1, 0.15) is 16.2 Å². The van der Waals surface area contributed by atoms with Gasteiger partial charge in [-0.3, -0.25) is 4.79 Å². The number of thiophene rings is 1. The summed E-state index contributed by atoms with van der Waals surface area (Å²) in [6, 6.07) is 0. The maximum Gasteiger partial charge on any atom is 0.231 e. The van der Waals surface area contributed by atoms with E-state index in [9.17, 15) is 4.79 Å². The highest BCUT2D eigenvalue weighted by Crippen LogP contribution is 2.39. The monoisotopic (exact) mass is 317 g/mol. The number of aryl methyl sites for hydroxylation is 2. The second kappa shape index (κ2) is 6.46. The fourth-order valence-electron chi connectivity index (χ4n) is 2.51. The van der Waals surface area contributed by atoms with Crippen molar-refractivity contribution < 1.29 is 4.79 Å². The van der Waals surface area contributed by atoms with Crippen molar-refractivity contribution in [3.8, 4) is 12.3 Å². The molecule has 108 valence electrons.